The number of anilines is 1. The van der Waals surface area contributed by atoms with Crippen LogP contribution >= 0.6 is 22.9 Å². The van der Waals surface area contributed by atoms with Crippen LogP contribution in [0, 0.1) is 10.1 Å². The van der Waals surface area contributed by atoms with Crippen LogP contribution in [0.4, 0.5) is 11.4 Å². The molecule has 1 aromatic carbocycles. The number of nitro groups is 1. The van der Waals surface area contributed by atoms with Gasteiger partial charge in [0.15, 0.2) is 0 Å². The predicted octanol–water partition coefficient (Wildman–Crippen LogP) is 3.78. The maximum absolute atomic E-state index is 12.5. The van der Waals surface area contributed by atoms with Gasteiger partial charge in [0, 0.05) is 23.6 Å². The number of methoxy groups -OCH3 is 1. The zero-order chi connectivity index (χ0) is 18.6. The number of hydrogen-bond donors (Lipinski definition) is 1. The molecular formula is C16H18ClN3O4S. The number of nitrogens with zero attached hydrogens (tertiary/aromatic N) is 2. The fourth-order valence-corrected chi connectivity index (χ4v) is 3.32. The van der Waals surface area contributed by atoms with Crippen LogP contribution in [-0.4, -0.2) is 35.9 Å². The van der Waals surface area contributed by atoms with Gasteiger partial charge >= 0.3 is 0 Å². The summed E-state index contributed by atoms with van der Waals surface area (Å²) in [5.41, 5.74) is 0.145. The van der Waals surface area contributed by atoms with Gasteiger partial charge in [-0.05, 0) is 32.2 Å². The molecule has 0 saturated carbocycles. The van der Waals surface area contributed by atoms with Crippen LogP contribution in [0.3, 0.4) is 0 Å². The first-order valence-corrected chi connectivity index (χ1v) is 8.59. The third-order valence-electron chi connectivity index (χ3n) is 3.73. The quantitative estimate of drug-likeness (QED) is 0.581. The van der Waals surface area contributed by atoms with E-state index >= 15 is 0 Å². The number of thiophene rings is 1. The van der Waals surface area contributed by atoms with Gasteiger partial charge in [0.1, 0.15) is 5.75 Å². The molecule has 0 aliphatic rings. The number of halogens is 1. The molecule has 2 rings (SSSR count). The minimum Gasteiger partial charge on any atom is -0.495 e. The van der Waals surface area contributed by atoms with Gasteiger partial charge in [-0.15, -0.1) is 11.3 Å². The summed E-state index contributed by atoms with van der Waals surface area (Å²) in [6.07, 6.45) is 0. The minimum atomic E-state index is -0.523. The highest BCUT2D eigenvalue weighted by Crippen LogP contribution is 2.29. The zero-order valence-electron chi connectivity index (χ0n) is 14.0. The Balaban J connectivity index is 2.09. The molecule has 1 heterocycles. The third-order valence-corrected chi connectivity index (χ3v) is 4.94. The lowest BCUT2D eigenvalue weighted by Crippen LogP contribution is -2.39. The molecule has 2 aromatic rings. The Labute approximate surface area is 154 Å². The summed E-state index contributed by atoms with van der Waals surface area (Å²) >= 11 is 7.38. The predicted molar refractivity (Wildman–Crippen MR) is 98.5 cm³/mol. The van der Waals surface area contributed by atoms with Crippen molar-refractivity contribution in [2.75, 3.05) is 19.5 Å². The standard InChI is InChI=1S/C16H18ClN3O4S/c1-10(19(2)9-12-5-7-15(17)25-12)16(21)18-13-8-11(20(22)23)4-6-14(13)24-3/h4-8,10H,9H2,1-3H3,(H,18,21)/t10-/m1/s1. The minimum absolute atomic E-state index is 0.120. The first-order valence-electron chi connectivity index (χ1n) is 7.39. The maximum atomic E-state index is 12.5. The van der Waals surface area contributed by atoms with Crippen molar-refractivity contribution in [2.24, 2.45) is 0 Å². The van der Waals surface area contributed by atoms with Crippen LogP contribution in [0.15, 0.2) is 30.3 Å². The molecule has 134 valence electrons. The topological polar surface area (TPSA) is 84.7 Å². The average Bonchev–Trinajstić information content (AvgIpc) is 2.98. The molecular weight excluding hydrogens is 366 g/mol. The summed E-state index contributed by atoms with van der Waals surface area (Å²) in [5.74, 6) is 0.0720. The SMILES string of the molecule is COc1ccc([N+](=O)[O-])cc1NC(=O)[C@@H](C)N(C)Cc1ccc(Cl)s1. The monoisotopic (exact) mass is 383 g/mol. The molecule has 0 aliphatic heterocycles. The van der Waals surface area contributed by atoms with E-state index in [0.717, 1.165) is 4.88 Å². The smallest absolute Gasteiger partial charge is 0.271 e. The van der Waals surface area contributed by atoms with Gasteiger partial charge in [0.05, 0.1) is 28.1 Å². The summed E-state index contributed by atoms with van der Waals surface area (Å²) < 4.78 is 5.85. The summed E-state index contributed by atoms with van der Waals surface area (Å²) in [5, 5.41) is 13.6. The van der Waals surface area contributed by atoms with Crippen molar-refractivity contribution >= 4 is 40.2 Å². The molecule has 0 spiro atoms. The molecule has 0 unspecified atom stereocenters. The summed E-state index contributed by atoms with van der Waals surface area (Å²) in [6.45, 7) is 2.33. The number of benzene rings is 1. The number of non-ortho nitro benzene ring substituents is 1. The number of carbonyl (C=O) groups excluding carboxylic acids is 1. The normalized spacial score (nSPS) is 12.0. The van der Waals surface area contributed by atoms with Gasteiger partial charge in [-0.1, -0.05) is 11.6 Å². The Morgan fingerprint density at radius 1 is 1.44 bits per heavy atom. The molecule has 0 radical (unpaired) electrons. The van der Waals surface area contributed by atoms with Crippen LogP contribution in [0.2, 0.25) is 4.34 Å². The van der Waals surface area contributed by atoms with Crippen LogP contribution in [-0.2, 0) is 11.3 Å². The van der Waals surface area contributed by atoms with E-state index in [1.54, 1.807) is 6.92 Å². The second-order valence-corrected chi connectivity index (χ2v) is 7.23. The van der Waals surface area contributed by atoms with Crippen LogP contribution in [0.5, 0.6) is 5.75 Å². The average molecular weight is 384 g/mol. The van der Waals surface area contributed by atoms with E-state index in [-0.39, 0.29) is 17.3 Å². The Hall–Kier alpha value is -2.16. The molecule has 0 fully saturated rings. The van der Waals surface area contributed by atoms with Gasteiger partial charge < -0.3 is 10.1 Å². The molecule has 25 heavy (non-hydrogen) atoms. The van der Waals surface area contributed by atoms with Gasteiger partial charge in [-0.3, -0.25) is 19.8 Å². The fraction of sp³-hybridized carbons (Fsp3) is 0.312. The van der Waals surface area contributed by atoms with Crippen LogP contribution in [0.25, 0.3) is 0 Å². The first kappa shape index (κ1) is 19.2. The number of rotatable bonds is 7. The number of nitrogens with one attached hydrogen (secondary N) is 1. The van der Waals surface area contributed by atoms with Crippen molar-refractivity contribution in [2.45, 2.75) is 19.5 Å². The highest BCUT2D eigenvalue weighted by atomic mass is 35.5. The van der Waals surface area contributed by atoms with Crippen molar-refractivity contribution in [3.05, 3.63) is 49.7 Å². The number of nitro benzene ring substituents is 1. The van der Waals surface area contributed by atoms with E-state index in [9.17, 15) is 14.9 Å². The molecule has 0 aliphatic carbocycles. The van der Waals surface area contributed by atoms with E-state index < -0.39 is 11.0 Å². The lowest BCUT2D eigenvalue weighted by Gasteiger charge is -2.23. The van der Waals surface area contributed by atoms with E-state index in [4.69, 9.17) is 16.3 Å². The first-order chi connectivity index (χ1) is 11.8. The summed E-state index contributed by atoms with van der Waals surface area (Å²) in [4.78, 5) is 25.8. The van der Waals surface area contributed by atoms with Crippen LogP contribution < -0.4 is 10.1 Å². The number of ether oxygens (including phenoxy) is 1. The van der Waals surface area contributed by atoms with Crippen molar-refractivity contribution in [3.63, 3.8) is 0 Å². The molecule has 1 aromatic heterocycles. The summed E-state index contributed by atoms with van der Waals surface area (Å²) in [7, 11) is 3.26. The second-order valence-electron chi connectivity index (χ2n) is 5.43. The Bertz CT molecular complexity index is 780. The van der Waals surface area contributed by atoms with Gasteiger partial charge in [-0.2, -0.15) is 0 Å². The lowest BCUT2D eigenvalue weighted by atomic mass is 10.2. The highest BCUT2D eigenvalue weighted by Gasteiger charge is 2.21. The van der Waals surface area contributed by atoms with Crippen molar-refractivity contribution in [1.82, 2.24) is 4.90 Å². The largest absolute Gasteiger partial charge is 0.495 e. The Morgan fingerprint density at radius 3 is 2.72 bits per heavy atom. The third kappa shape index (κ3) is 4.91. The van der Waals surface area contributed by atoms with E-state index in [1.807, 2.05) is 24.1 Å². The van der Waals surface area contributed by atoms with E-state index in [0.29, 0.717) is 16.6 Å². The maximum Gasteiger partial charge on any atom is 0.271 e. The van der Waals surface area contributed by atoms with Crippen molar-refractivity contribution in [3.8, 4) is 5.75 Å². The number of likely N-dealkylation sites (N-methyl/N-ethyl adjacent to an activating group) is 1. The molecule has 9 heteroatoms. The van der Waals surface area contributed by atoms with Crippen molar-refractivity contribution < 1.29 is 14.5 Å². The van der Waals surface area contributed by atoms with Crippen molar-refractivity contribution in [1.29, 1.82) is 0 Å². The van der Waals surface area contributed by atoms with E-state index in [2.05, 4.69) is 5.32 Å². The molecule has 1 amide bonds. The second kappa shape index (κ2) is 8.28. The van der Waals surface area contributed by atoms with Gasteiger partial charge in [0.2, 0.25) is 5.91 Å². The highest BCUT2D eigenvalue weighted by molar-refractivity contribution is 7.16. The van der Waals surface area contributed by atoms with Gasteiger partial charge in [-0.25, -0.2) is 0 Å². The number of carbonyl (C=O) groups is 1. The Kier molecular flexibility index (Phi) is 6.35. The summed E-state index contributed by atoms with van der Waals surface area (Å²) in [6, 6.07) is 7.33. The Morgan fingerprint density at radius 2 is 2.16 bits per heavy atom. The molecule has 1 atom stereocenters. The van der Waals surface area contributed by atoms with E-state index in [1.165, 1.54) is 36.6 Å². The van der Waals surface area contributed by atoms with Gasteiger partial charge in [0.25, 0.3) is 5.69 Å². The molecule has 7 nitrogen and oxygen atoms in total. The zero-order valence-corrected chi connectivity index (χ0v) is 15.6. The number of hydrogen-bond acceptors (Lipinski definition) is 6. The lowest BCUT2D eigenvalue weighted by molar-refractivity contribution is -0.384. The van der Waals surface area contributed by atoms with Crippen LogP contribution in [0.1, 0.15) is 11.8 Å². The number of amides is 1. The fourth-order valence-electron chi connectivity index (χ4n) is 2.16. The molecule has 0 bridgehead atoms. The molecule has 1 N–H and O–H groups in total. The molecule has 0 saturated heterocycles.